The first-order chi connectivity index (χ1) is 12.2. The molecular weight excluding hydrogens is 306 g/mol. The largest absolute Gasteiger partial charge is 0.370 e. The Morgan fingerprint density at radius 1 is 1.08 bits per heavy atom. The van der Waals surface area contributed by atoms with E-state index in [0.29, 0.717) is 12.3 Å². The van der Waals surface area contributed by atoms with Crippen molar-refractivity contribution in [2.45, 2.75) is 50.9 Å². The van der Waals surface area contributed by atoms with Crippen molar-refractivity contribution in [3.05, 3.63) is 76.4 Å². The molecule has 2 aliphatic carbocycles. The zero-order chi connectivity index (χ0) is 17.4. The number of hydrogen-bond acceptors (Lipinski definition) is 1. The number of amides is 1. The van der Waals surface area contributed by atoms with Crippen LogP contribution in [0.25, 0.3) is 5.57 Å². The summed E-state index contributed by atoms with van der Waals surface area (Å²) in [7, 11) is 0. The van der Waals surface area contributed by atoms with Gasteiger partial charge in [-0.25, -0.2) is 0 Å². The molecule has 2 N–H and O–H groups in total. The summed E-state index contributed by atoms with van der Waals surface area (Å²) in [6, 6.07) is 17.3. The van der Waals surface area contributed by atoms with E-state index in [0.717, 1.165) is 12.8 Å². The number of nitrogens with two attached hydrogens (primary N) is 1. The van der Waals surface area contributed by atoms with E-state index in [1.807, 2.05) is 0 Å². The molecule has 1 saturated carbocycles. The molecule has 0 aromatic heterocycles. The predicted octanol–water partition coefficient (Wildman–Crippen LogP) is 4.94. The van der Waals surface area contributed by atoms with Gasteiger partial charge in [-0.1, -0.05) is 61.0 Å². The molecule has 0 aliphatic heterocycles. The third-order valence-electron chi connectivity index (χ3n) is 5.65. The number of carbonyl (C=O) groups excluding carboxylic acids is 1. The molecule has 2 heteroatoms. The molecule has 4 rings (SSSR count). The third kappa shape index (κ3) is 3.02. The van der Waals surface area contributed by atoms with Crippen molar-refractivity contribution in [2.24, 2.45) is 5.73 Å². The number of primary amides is 1. The molecular formula is C23H25NO. The number of fused-ring (bicyclic) bond motifs is 1. The first kappa shape index (κ1) is 16.1. The van der Waals surface area contributed by atoms with Crippen LogP contribution in [0.4, 0.5) is 0 Å². The van der Waals surface area contributed by atoms with Crippen LogP contribution in [0.15, 0.2) is 54.1 Å². The van der Waals surface area contributed by atoms with Crippen LogP contribution in [0.5, 0.6) is 0 Å². The second-order valence-corrected chi connectivity index (χ2v) is 7.33. The third-order valence-corrected chi connectivity index (χ3v) is 5.65. The van der Waals surface area contributed by atoms with Crippen LogP contribution in [0.1, 0.15) is 66.7 Å². The number of benzene rings is 2. The Hall–Kier alpha value is -2.35. The van der Waals surface area contributed by atoms with Gasteiger partial charge in [0.15, 0.2) is 0 Å². The van der Waals surface area contributed by atoms with E-state index in [1.165, 1.54) is 46.2 Å². The topological polar surface area (TPSA) is 43.1 Å². The summed E-state index contributed by atoms with van der Waals surface area (Å²) in [6.07, 6.45) is 4.88. The van der Waals surface area contributed by atoms with Gasteiger partial charge in [0.25, 0.3) is 0 Å². The van der Waals surface area contributed by atoms with Crippen LogP contribution in [0, 0.1) is 0 Å². The lowest BCUT2D eigenvalue weighted by atomic mass is 9.86. The molecule has 0 spiro atoms. The maximum Gasteiger partial charge on any atom is 0.218 e. The molecule has 0 heterocycles. The van der Waals surface area contributed by atoms with Gasteiger partial charge in [-0.05, 0) is 59.4 Å². The molecule has 1 amide bonds. The SMILES string of the molecule is CCC1=C(Cc2ccccc2)c2cccc(C3CC3)c2C1CC(N)=O. The highest BCUT2D eigenvalue weighted by Gasteiger charge is 2.36. The molecule has 1 unspecified atom stereocenters. The maximum atomic E-state index is 11.8. The Morgan fingerprint density at radius 3 is 2.48 bits per heavy atom. The zero-order valence-electron chi connectivity index (χ0n) is 14.8. The van der Waals surface area contributed by atoms with Gasteiger partial charge in [0, 0.05) is 12.3 Å². The minimum absolute atomic E-state index is 0.174. The summed E-state index contributed by atoms with van der Waals surface area (Å²) in [5.74, 6) is 0.654. The molecule has 1 atom stereocenters. The van der Waals surface area contributed by atoms with Gasteiger partial charge in [-0.3, -0.25) is 4.79 Å². The van der Waals surface area contributed by atoms with Crippen molar-refractivity contribution < 1.29 is 4.79 Å². The molecule has 2 nitrogen and oxygen atoms in total. The number of hydrogen-bond donors (Lipinski definition) is 1. The monoisotopic (exact) mass is 331 g/mol. The van der Waals surface area contributed by atoms with Gasteiger partial charge < -0.3 is 5.73 Å². The summed E-state index contributed by atoms with van der Waals surface area (Å²) in [5, 5.41) is 0. The molecule has 0 radical (unpaired) electrons. The molecule has 128 valence electrons. The van der Waals surface area contributed by atoms with Crippen LogP contribution in [0.3, 0.4) is 0 Å². The van der Waals surface area contributed by atoms with E-state index in [4.69, 9.17) is 5.73 Å². The minimum atomic E-state index is -0.200. The lowest BCUT2D eigenvalue weighted by Crippen LogP contribution is -2.16. The predicted molar refractivity (Wildman–Crippen MR) is 102 cm³/mol. The molecule has 25 heavy (non-hydrogen) atoms. The number of rotatable bonds is 6. The smallest absolute Gasteiger partial charge is 0.218 e. The lowest BCUT2D eigenvalue weighted by Gasteiger charge is -2.17. The normalized spacial score (nSPS) is 19.2. The van der Waals surface area contributed by atoms with Crippen LogP contribution in [-0.2, 0) is 11.2 Å². The van der Waals surface area contributed by atoms with Crippen LogP contribution in [-0.4, -0.2) is 5.91 Å². The van der Waals surface area contributed by atoms with E-state index >= 15 is 0 Å². The molecule has 2 aromatic rings. The minimum Gasteiger partial charge on any atom is -0.370 e. The van der Waals surface area contributed by atoms with Crippen molar-refractivity contribution >= 4 is 11.5 Å². The summed E-state index contributed by atoms with van der Waals surface area (Å²) in [5.41, 5.74) is 14.0. The van der Waals surface area contributed by atoms with E-state index in [-0.39, 0.29) is 11.8 Å². The van der Waals surface area contributed by atoms with Gasteiger partial charge in [-0.15, -0.1) is 0 Å². The number of allylic oxidation sites excluding steroid dienone is 2. The fraction of sp³-hybridized carbons (Fsp3) is 0.348. The van der Waals surface area contributed by atoms with Gasteiger partial charge in [0.2, 0.25) is 5.91 Å². The summed E-state index contributed by atoms with van der Waals surface area (Å²) in [4.78, 5) is 11.8. The van der Waals surface area contributed by atoms with Crippen LogP contribution >= 0.6 is 0 Å². The Balaban J connectivity index is 1.83. The van der Waals surface area contributed by atoms with Crippen LogP contribution < -0.4 is 5.73 Å². The van der Waals surface area contributed by atoms with Gasteiger partial charge in [-0.2, -0.15) is 0 Å². The second-order valence-electron chi connectivity index (χ2n) is 7.33. The van der Waals surface area contributed by atoms with Crippen molar-refractivity contribution in [3.63, 3.8) is 0 Å². The van der Waals surface area contributed by atoms with Crippen molar-refractivity contribution in [2.75, 3.05) is 0 Å². The summed E-state index contributed by atoms with van der Waals surface area (Å²) < 4.78 is 0. The van der Waals surface area contributed by atoms with E-state index < -0.39 is 0 Å². The zero-order valence-corrected chi connectivity index (χ0v) is 14.8. The highest BCUT2D eigenvalue weighted by molar-refractivity contribution is 5.84. The fourth-order valence-corrected chi connectivity index (χ4v) is 4.44. The Morgan fingerprint density at radius 2 is 1.84 bits per heavy atom. The standard InChI is InChI=1S/C23H25NO/c1-2-17-20(13-15-7-4-3-5-8-15)19-10-6-9-18(16-11-12-16)23(19)21(17)14-22(24)25/h3-10,16,21H,2,11-14H2,1H3,(H2,24,25). The molecule has 0 saturated heterocycles. The molecule has 1 fully saturated rings. The van der Waals surface area contributed by atoms with E-state index in [9.17, 15) is 4.79 Å². The number of carbonyl (C=O) groups is 1. The summed E-state index contributed by atoms with van der Waals surface area (Å²) in [6.45, 7) is 2.21. The molecule has 2 aliphatic rings. The average Bonchev–Trinajstić information content (AvgIpc) is 3.41. The van der Waals surface area contributed by atoms with E-state index in [2.05, 4.69) is 55.5 Å². The Labute approximate surface area is 149 Å². The van der Waals surface area contributed by atoms with Crippen molar-refractivity contribution in [1.29, 1.82) is 0 Å². The van der Waals surface area contributed by atoms with Gasteiger partial charge >= 0.3 is 0 Å². The van der Waals surface area contributed by atoms with Crippen molar-refractivity contribution in [1.82, 2.24) is 0 Å². The van der Waals surface area contributed by atoms with Crippen molar-refractivity contribution in [3.8, 4) is 0 Å². The molecule has 2 aromatic carbocycles. The fourth-order valence-electron chi connectivity index (χ4n) is 4.44. The van der Waals surface area contributed by atoms with E-state index in [1.54, 1.807) is 0 Å². The Bertz CT molecular complexity index is 830. The summed E-state index contributed by atoms with van der Waals surface area (Å²) >= 11 is 0. The highest BCUT2D eigenvalue weighted by Crippen LogP contribution is 2.52. The van der Waals surface area contributed by atoms with Gasteiger partial charge in [0.05, 0.1) is 0 Å². The van der Waals surface area contributed by atoms with Crippen LogP contribution in [0.2, 0.25) is 0 Å². The second kappa shape index (κ2) is 6.51. The lowest BCUT2D eigenvalue weighted by molar-refractivity contribution is -0.118. The average molecular weight is 331 g/mol. The first-order valence-corrected chi connectivity index (χ1v) is 9.36. The van der Waals surface area contributed by atoms with Gasteiger partial charge in [0.1, 0.15) is 0 Å². The highest BCUT2D eigenvalue weighted by atomic mass is 16.1. The first-order valence-electron chi connectivity index (χ1n) is 9.36. The molecule has 0 bridgehead atoms. The maximum absolute atomic E-state index is 11.8. The quantitative estimate of drug-likeness (QED) is 0.800. The Kier molecular flexibility index (Phi) is 4.20.